The quantitative estimate of drug-likeness (QED) is 0.772. The first kappa shape index (κ1) is 16.6. The maximum atomic E-state index is 12.2. The van der Waals surface area contributed by atoms with Gasteiger partial charge in [0.2, 0.25) is 5.91 Å². The molecule has 2 atom stereocenters. The van der Waals surface area contributed by atoms with Gasteiger partial charge in [-0.2, -0.15) is 0 Å². The van der Waals surface area contributed by atoms with Crippen molar-refractivity contribution in [2.75, 3.05) is 0 Å². The Kier molecular flexibility index (Phi) is 4.60. The molecule has 3 rings (SSSR count). The maximum absolute atomic E-state index is 12.2. The maximum Gasteiger partial charge on any atom is 0.230 e. The topological polar surface area (TPSA) is 48.3 Å². The van der Waals surface area contributed by atoms with Gasteiger partial charge >= 0.3 is 0 Å². The minimum absolute atomic E-state index is 0.0828. The number of hydrogen-bond donors (Lipinski definition) is 0. The molecule has 0 amide bonds. The molecule has 0 N–H and O–H groups in total. The van der Waals surface area contributed by atoms with Gasteiger partial charge in [-0.25, -0.2) is 0 Å². The highest BCUT2D eigenvalue weighted by Crippen LogP contribution is 2.40. The number of rotatable bonds is 5. The van der Waals surface area contributed by atoms with E-state index < -0.39 is 8.32 Å². The molecule has 126 valence electrons. The Morgan fingerprint density at radius 3 is 2.48 bits per heavy atom. The van der Waals surface area contributed by atoms with Crippen LogP contribution in [0.25, 0.3) is 0 Å². The van der Waals surface area contributed by atoms with Crippen molar-refractivity contribution in [1.29, 1.82) is 0 Å². The summed E-state index contributed by atoms with van der Waals surface area (Å²) in [6.45, 7) is 6.74. The highest BCUT2D eigenvalue weighted by molar-refractivity contribution is 6.73. The van der Waals surface area contributed by atoms with Gasteiger partial charge < -0.3 is 4.43 Å². The van der Waals surface area contributed by atoms with E-state index in [2.05, 4.69) is 20.8 Å². The summed E-state index contributed by atoms with van der Waals surface area (Å²) >= 11 is 0. The normalized spacial score (nSPS) is 23.7. The third-order valence-electron chi connectivity index (χ3n) is 5.99. The van der Waals surface area contributed by atoms with Crippen LogP contribution in [0.4, 0.5) is 0 Å². The Bertz CT molecular complexity index is 654. The predicted octanol–water partition coefficient (Wildman–Crippen LogP) is 3.70. The van der Waals surface area contributed by atoms with E-state index in [9.17, 15) is 9.59 Å². The fraction of sp³-hybridized carbons (Fsp3) is 0.667. The van der Waals surface area contributed by atoms with Crippen LogP contribution in [-0.2, 0) is 10.8 Å². The van der Waals surface area contributed by atoms with Gasteiger partial charge in [-0.3, -0.25) is 14.2 Å². The third kappa shape index (κ3) is 2.74. The SMILES string of the molecule is CC[Si](CC)(CC)O[C@@H]1CCc2c3n(ccc2=O)C(=O)CC[C@@H]31. The molecule has 0 bridgehead atoms. The third-order valence-corrected chi connectivity index (χ3v) is 10.7. The average Bonchev–Trinajstić information content (AvgIpc) is 2.58. The summed E-state index contributed by atoms with van der Waals surface area (Å²) in [5.74, 6) is 0.324. The van der Waals surface area contributed by atoms with Gasteiger partial charge in [-0.1, -0.05) is 20.8 Å². The molecule has 0 fully saturated rings. The van der Waals surface area contributed by atoms with Crippen molar-refractivity contribution in [3.63, 3.8) is 0 Å². The molecule has 0 radical (unpaired) electrons. The van der Waals surface area contributed by atoms with Crippen LogP contribution >= 0.6 is 0 Å². The van der Waals surface area contributed by atoms with Crippen LogP contribution in [0.3, 0.4) is 0 Å². The van der Waals surface area contributed by atoms with Crippen molar-refractivity contribution in [1.82, 2.24) is 4.57 Å². The zero-order valence-electron chi connectivity index (χ0n) is 14.4. The molecule has 23 heavy (non-hydrogen) atoms. The molecule has 5 heteroatoms. The van der Waals surface area contributed by atoms with Crippen LogP contribution in [0.15, 0.2) is 17.1 Å². The van der Waals surface area contributed by atoms with Crippen molar-refractivity contribution in [2.45, 2.75) is 76.6 Å². The Labute approximate surface area is 139 Å². The molecule has 2 heterocycles. The first-order valence-electron chi connectivity index (χ1n) is 9.00. The highest BCUT2D eigenvalue weighted by atomic mass is 28.4. The van der Waals surface area contributed by atoms with Crippen molar-refractivity contribution in [3.8, 4) is 0 Å². The number of nitrogens with zero attached hydrogens (tertiary/aromatic N) is 1. The molecule has 1 aliphatic carbocycles. The molecule has 0 spiro atoms. The first-order chi connectivity index (χ1) is 11.0. The summed E-state index contributed by atoms with van der Waals surface area (Å²) in [5, 5.41) is 0. The summed E-state index contributed by atoms with van der Waals surface area (Å²) in [6.07, 6.45) is 4.88. The summed E-state index contributed by atoms with van der Waals surface area (Å²) < 4.78 is 8.49. The van der Waals surface area contributed by atoms with Crippen molar-refractivity contribution >= 4 is 14.2 Å². The molecule has 0 saturated heterocycles. The molecule has 1 aromatic rings. The number of pyridine rings is 1. The van der Waals surface area contributed by atoms with Gasteiger partial charge in [0.1, 0.15) is 0 Å². The Morgan fingerprint density at radius 2 is 1.83 bits per heavy atom. The van der Waals surface area contributed by atoms with E-state index in [0.717, 1.165) is 48.7 Å². The fourth-order valence-corrected chi connectivity index (χ4v) is 7.24. The van der Waals surface area contributed by atoms with Gasteiger partial charge in [0, 0.05) is 35.9 Å². The molecule has 0 saturated carbocycles. The Hall–Kier alpha value is -1.20. The van der Waals surface area contributed by atoms with E-state index in [4.69, 9.17) is 4.43 Å². The molecule has 1 aromatic heterocycles. The number of aromatic nitrogens is 1. The largest absolute Gasteiger partial charge is 0.413 e. The first-order valence-corrected chi connectivity index (χ1v) is 11.5. The van der Waals surface area contributed by atoms with Crippen molar-refractivity contribution in [3.05, 3.63) is 33.7 Å². The van der Waals surface area contributed by atoms with Crippen LogP contribution in [0, 0.1) is 0 Å². The van der Waals surface area contributed by atoms with Crippen LogP contribution in [-0.4, -0.2) is 24.9 Å². The predicted molar refractivity (Wildman–Crippen MR) is 93.7 cm³/mol. The summed E-state index contributed by atoms with van der Waals surface area (Å²) in [7, 11) is -1.68. The highest BCUT2D eigenvalue weighted by Gasteiger charge is 2.41. The van der Waals surface area contributed by atoms with Crippen molar-refractivity contribution < 1.29 is 9.22 Å². The zero-order valence-corrected chi connectivity index (χ0v) is 15.4. The average molecular weight is 334 g/mol. The smallest absolute Gasteiger partial charge is 0.230 e. The molecule has 1 aliphatic heterocycles. The van der Waals surface area contributed by atoms with Gasteiger partial charge in [0.25, 0.3) is 0 Å². The van der Waals surface area contributed by atoms with Crippen LogP contribution < -0.4 is 5.43 Å². The molecule has 2 aliphatic rings. The number of carbonyl (C=O) groups is 1. The van der Waals surface area contributed by atoms with Crippen molar-refractivity contribution in [2.24, 2.45) is 0 Å². The van der Waals surface area contributed by atoms with Gasteiger partial charge in [-0.05, 0) is 37.4 Å². The summed E-state index contributed by atoms with van der Waals surface area (Å²) in [6, 6.07) is 4.95. The lowest BCUT2D eigenvalue weighted by Gasteiger charge is -2.42. The van der Waals surface area contributed by atoms with Crippen LogP contribution in [0.5, 0.6) is 0 Å². The van der Waals surface area contributed by atoms with Gasteiger partial charge in [0.15, 0.2) is 13.7 Å². The van der Waals surface area contributed by atoms with E-state index >= 15 is 0 Å². The molecule has 4 nitrogen and oxygen atoms in total. The number of hydrogen-bond acceptors (Lipinski definition) is 3. The number of carbonyl (C=O) groups excluding carboxylic acids is 1. The second-order valence-corrected chi connectivity index (χ2v) is 11.6. The second-order valence-electron chi connectivity index (χ2n) is 6.89. The van der Waals surface area contributed by atoms with E-state index in [1.807, 2.05) is 0 Å². The zero-order chi connectivity index (χ0) is 16.6. The summed E-state index contributed by atoms with van der Waals surface area (Å²) in [5.41, 5.74) is 1.89. The molecular weight excluding hydrogens is 306 g/mol. The lowest BCUT2D eigenvalue weighted by Crippen LogP contribution is -2.46. The monoisotopic (exact) mass is 333 g/mol. The minimum atomic E-state index is -1.68. The van der Waals surface area contributed by atoms with Crippen LogP contribution in [0.2, 0.25) is 18.1 Å². The lowest BCUT2D eigenvalue weighted by molar-refractivity contribution is 0.0798. The Balaban J connectivity index is 1.99. The molecule has 0 aromatic carbocycles. The standard InChI is InChI=1S/C18H27NO3Si/c1-4-23(5-2,6-3)22-16-9-7-13-15(20)11-12-19-17(21)10-8-14(16)18(13)19/h11-12,14,16H,4-10H2,1-3H3/t14-,16-/m1/s1. The molecular formula is C18H27NO3Si. The lowest BCUT2D eigenvalue weighted by atomic mass is 9.79. The van der Waals surface area contributed by atoms with E-state index in [1.54, 1.807) is 16.8 Å². The fourth-order valence-electron chi connectivity index (χ4n) is 4.31. The summed E-state index contributed by atoms with van der Waals surface area (Å²) in [4.78, 5) is 24.4. The van der Waals surface area contributed by atoms with Crippen LogP contribution in [0.1, 0.15) is 62.0 Å². The second kappa shape index (κ2) is 6.36. The van der Waals surface area contributed by atoms with E-state index in [0.29, 0.717) is 6.42 Å². The van der Waals surface area contributed by atoms with Gasteiger partial charge in [-0.15, -0.1) is 0 Å². The minimum Gasteiger partial charge on any atom is -0.413 e. The van der Waals surface area contributed by atoms with E-state index in [1.165, 1.54) is 0 Å². The van der Waals surface area contributed by atoms with E-state index in [-0.39, 0.29) is 23.4 Å². The molecule has 0 unspecified atom stereocenters. The Morgan fingerprint density at radius 1 is 1.13 bits per heavy atom. The van der Waals surface area contributed by atoms with Gasteiger partial charge in [0.05, 0.1) is 6.10 Å².